The van der Waals surface area contributed by atoms with Gasteiger partial charge in [0.1, 0.15) is 0 Å². The van der Waals surface area contributed by atoms with Gasteiger partial charge < -0.3 is 5.73 Å². The van der Waals surface area contributed by atoms with Crippen LogP contribution >= 0.6 is 12.2 Å². The minimum absolute atomic E-state index is 0.236. The highest BCUT2D eigenvalue weighted by molar-refractivity contribution is 7.80. The van der Waals surface area contributed by atoms with E-state index in [1.54, 1.807) is 0 Å². The van der Waals surface area contributed by atoms with Gasteiger partial charge in [-0.15, -0.1) is 0 Å². The van der Waals surface area contributed by atoms with E-state index in [1.807, 2.05) is 12.1 Å². The largest absolute Gasteiger partial charge is 0.375 e. The fourth-order valence-electron chi connectivity index (χ4n) is 0.958. The zero-order valence-electron chi connectivity index (χ0n) is 7.50. The van der Waals surface area contributed by atoms with Gasteiger partial charge in [-0.2, -0.15) is 0 Å². The Bertz CT molecular complexity index is 281. The van der Waals surface area contributed by atoms with Gasteiger partial charge in [0.25, 0.3) is 0 Å². The lowest BCUT2D eigenvalue weighted by atomic mass is 10.2. The number of hydrogen-bond donors (Lipinski definition) is 3. The minimum Gasteiger partial charge on any atom is -0.375 e. The first-order chi connectivity index (χ1) is 6.22. The van der Waals surface area contributed by atoms with Crippen molar-refractivity contribution in [1.29, 1.82) is 0 Å². The Morgan fingerprint density at radius 2 is 2.00 bits per heavy atom. The van der Waals surface area contributed by atoms with Gasteiger partial charge in [-0.3, -0.25) is 10.9 Å². The Balaban J connectivity index is 2.54. The molecule has 0 atom stereocenters. The minimum atomic E-state index is 0.236. The first-order valence-corrected chi connectivity index (χ1v) is 4.53. The second-order valence-electron chi connectivity index (χ2n) is 2.66. The molecule has 0 aromatic heterocycles. The second kappa shape index (κ2) is 4.67. The monoisotopic (exact) mass is 195 g/mol. The number of thiocarbonyl (C=S) groups is 1. The van der Waals surface area contributed by atoms with Gasteiger partial charge in [-0.25, -0.2) is 0 Å². The number of anilines is 1. The van der Waals surface area contributed by atoms with Gasteiger partial charge in [-0.05, 0) is 36.3 Å². The van der Waals surface area contributed by atoms with E-state index in [0.717, 1.165) is 12.1 Å². The molecule has 4 N–H and O–H groups in total. The lowest BCUT2D eigenvalue weighted by Crippen LogP contribution is -2.33. The van der Waals surface area contributed by atoms with Crippen molar-refractivity contribution in [2.45, 2.75) is 13.3 Å². The molecule has 0 aliphatic heterocycles. The number of nitrogens with two attached hydrogens (primary N) is 1. The fraction of sp³-hybridized carbons (Fsp3) is 0.222. The average Bonchev–Trinajstić information content (AvgIpc) is 2.15. The Hall–Kier alpha value is -1.29. The van der Waals surface area contributed by atoms with Crippen LogP contribution < -0.4 is 16.6 Å². The van der Waals surface area contributed by atoms with Crippen molar-refractivity contribution in [1.82, 2.24) is 5.43 Å². The molecule has 0 heterocycles. The van der Waals surface area contributed by atoms with Crippen molar-refractivity contribution >= 4 is 23.0 Å². The fourth-order valence-corrected chi connectivity index (χ4v) is 1.01. The van der Waals surface area contributed by atoms with Crippen LogP contribution in [0.3, 0.4) is 0 Å². The lowest BCUT2D eigenvalue weighted by molar-refractivity contribution is 1.11. The van der Waals surface area contributed by atoms with E-state index >= 15 is 0 Å². The van der Waals surface area contributed by atoms with Crippen molar-refractivity contribution < 1.29 is 0 Å². The van der Waals surface area contributed by atoms with Crippen LogP contribution in [0, 0.1) is 0 Å². The molecule has 3 nitrogen and oxygen atoms in total. The molecular formula is C9H13N3S. The summed E-state index contributed by atoms with van der Waals surface area (Å²) in [6.07, 6.45) is 1.04. The molecule has 0 amide bonds. The molecule has 0 unspecified atom stereocenters. The zero-order valence-corrected chi connectivity index (χ0v) is 8.32. The predicted molar refractivity (Wildman–Crippen MR) is 59.4 cm³/mol. The van der Waals surface area contributed by atoms with E-state index in [-0.39, 0.29) is 5.11 Å². The molecule has 0 saturated carbocycles. The lowest BCUT2D eigenvalue weighted by Gasteiger charge is -2.07. The summed E-state index contributed by atoms with van der Waals surface area (Å²) in [6, 6.07) is 8.07. The third-order valence-corrected chi connectivity index (χ3v) is 1.79. The van der Waals surface area contributed by atoms with E-state index in [9.17, 15) is 0 Å². The molecule has 0 aliphatic carbocycles. The van der Waals surface area contributed by atoms with Crippen molar-refractivity contribution in [2.75, 3.05) is 5.43 Å². The summed E-state index contributed by atoms with van der Waals surface area (Å²) in [7, 11) is 0. The molecule has 0 bridgehead atoms. The first-order valence-electron chi connectivity index (χ1n) is 4.12. The summed E-state index contributed by atoms with van der Waals surface area (Å²) < 4.78 is 0. The topological polar surface area (TPSA) is 50.1 Å². The van der Waals surface area contributed by atoms with E-state index in [4.69, 9.17) is 5.73 Å². The summed E-state index contributed by atoms with van der Waals surface area (Å²) in [5, 5.41) is 0.236. The molecule has 0 radical (unpaired) electrons. The maximum atomic E-state index is 5.25. The van der Waals surface area contributed by atoms with Gasteiger partial charge in [0, 0.05) is 0 Å². The Morgan fingerprint density at radius 3 is 2.46 bits per heavy atom. The van der Waals surface area contributed by atoms with Gasteiger partial charge in [0.05, 0.1) is 5.69 Å². The predicted octanol–water partition coefficient (Wildman–Crippen LogP) is 1.41. The van der Waals surface area contributed by atoms with Crippen molar-refractivity contribution in [3.8, 4) is 0 Å². The van der Waals surface area contributed by atoms with Crippen molar-refractivity contribution in [3.05, 3.63) is 29.8 Å². The highest BCUT2D eigenvalue weighted by Gasteiger charge is 1.91. The van der Waals surface area contributed by atoms with E-state index < -0.39 is 0 Å². The number of hydrogen-bond acceptors (Lipinski definition) is 2. The number of aryl methyl sites for hydroxylation is 1. The number of hydrazine groups is 1. The zero-order chi connectivity index (χ0) is 9.68. The Labute approximate surface area is 83.3 Å². The summed E-state index contributed by atoms with van der Waals surface area (Å²) in [5.41, 5.74) is 13.0. The Morgan fingerprint density at radius 1 is 1.38 bits per heavy atom. The van der Waals surface area contributed by atoms with E-state index in [2.05, 4.69) is 42.1 Å². The third-order valence-electron chi connectivity index (χ3n) is 1.69. The molecule has 70 valence electrons. The average molecular weight is 195 g/mol. The maximum absolute atomic E-state index is 5.25. The normalized spacial score (nSPS) is 9.31. The standard InChI is InChI=1S/C9H13N3S/c1-2-7-3-5-8(6-4-7)11-12-9(10)13/h3-6,11H,2H2,1H3,(H3,10,12,13). The van der Waals surface area contributed by atoms with Crippen LogP contribution in [0.5, 0.6) is 0 Å². The highest BCUT2D eigenvalue weighted by atomic mass is 32.1. The number of nitrogens with one attached hydrogen (secondary N) is 2. The molecule has 1 rings (SSSR count). The summed E-state index contributed by atoms with van der Waals surface area (Å²) in [4.78, 5) is 0. The van der Waals surface area contributed by atoms with E-state index in [0.29, 0.717) is 0 Å². The van der Waals surface area contributed by atoms with Crippen LogP contribution in [0.15, 0.2) is 24.3 Å². The quantitative estimate of drug-likeness (QED) is 0.504. The molecule has 0 aliphatic rings. The van der Waals surface area contributed by atoms with E-state index in [1.165, 1.54) is 5.56 Å². The molecule has 13 heavy (non-hydrogen) atoms. The SMILES string of the molecule is CCc1ccc(NNC(N)=S)cc1. The Kier molecular flexibility index (Phi) is 3.52. The van der Waals surface area contributed by atoms with Gasteiger partial charge in [0.2, 0.25) is 0 Å². The molecule has 4 heteroatoms. The van der Waals surface area contributed by atoms with Gasteiger partial charge >= 0.3 is 0 Å². The summed E-state index contributed by atoms with van der Waals surface area (Å²) in [5.74, 6) is 0. The third kappa shape index (κ3) is 3.29. The molecule has 0 saturated heterocycles. The summed E-state index contributed by atoms with van der Waals surface area (Å²) >= 11 is 4.65. The number of benzene rings is 1. The second-order valence-corrected chi connectivity index (χ2v) is 3.10. The van der Waals surface area contributed by atoms with Crippen LogP contribution in [-0.4, -0.2) is 5.11 Å². The molecule has 1 aromatic carbocycles. The molecular weight excluding hydrogens is 182 g/mol. The maximum Gasteiger partial charge on any atom is 0.182 e. The van der Waals surface area contributed by atoms with Crippen LogP contribution in [0.2, 0.25) is 0 Å². The summed E-state index contributed by atoms with van der Waals surface area (Å²) in [6.45, 7) is 2.12. The van der Waals surface area contributed by atoms with Crippen LogP contribution in [0.25, 0.3) is 0 Å². The van der Waals surface area contributed by atoms with Crippen molar-refractivity contribution in [2.24, 2.45) is 5.73 Å². The van der Waals surface area contributed by atoms with Crippen LogP contribution in [0.1, 0.15) is 12.5 Å². The highest BCUT2D eigenvalue weighted by Crippen LogP contribution is 2.08. The van der Waals surface area contributed by atoms with Crippen LogP contribution in [0.4, 0.5) is 5.69 Å². The number of rotatable bonds is 3. The van der Waals surface area contributed by atoms with Gasteiger partial charge in [-0.1, -0.05) is 19.1 Å². The first kappa shape index (κ1) is 9.80. The molecule has 0 spiro atoms. The van der Waals surface area contributed by atoms with Crippen molar-refractivity contribution in [3.63, 3.8) is 0 Å². The van der Waals surface area contributed by atoms with Crippen LogP contribution in [-0.2, 0) is 6.42 Å². The van der Waals surface area contributed by atoms with Gasteiger partial charge in [0.15, 0.2) is 5.11 Å². The molecule has 0 fully saturated rings. The smallest absolute Gasteiger partial charge is 0.182 e. The molecule has 1 aromatic rings.